The molecule has 0 aliphatic heterocycles. The summed E-state index contributed by atoms with van der Waals surface area (Å²) in [5.41, 5.74) is 1.03. The Labute approximate surface area is 80.6 Å². The number of carboxylic acid groups (broad SMARTS) is 1. The van der Waals surface area contributed by atoms with Gasteiger partial charge in [-0.15, -0.1) is 0 Å². The van der Waals surface area contributed by atoms with Gasteiger partial charge < -0.3 is 5.11 Å². The van der Waals surface area contributed by atoms with E-state index in [0.717, 1.165) is 0 Å². The SMILES string of the molecule is N#Cc1ccc(C#N)c(CC(=O)O)c1. The molecule has 0 amide bonds. The van der Waals surface area contributed by atoms with Gasteiger partial charge in [-0.25, -0.2) is 0 Å². The normalized spacial score (nSPS) is 8.71. The van der Waals surface area contributed by atoms with E-state index in [1.165, 1.54) is 18.2 Å². The zero-order chi connectivity index (χ0) is 10.6. The van der Waals surface area contributed by atoms with Crippen LogP contribution in [0.15, 0.2) is 18.2 Å². The first-order valence-electron chi connectivity index (χ1n) is 3.82. The zero-order valence-corrected chi connectivity index (χ0v) is 7.19. The van der Waals surface area contributed by atoms with Crippen LogP contribution >= 0.6 is 0 Å². The minimum Gasteiger partial charge on any atom is -0.481 e. The van der Waals surface area contributed by atoms with Gasteiger partial charge in [-0.1, -0.05) is 0 Å². The Morgan fingerprint density at radius 2 is 2.07 bits per heavy atom. The molecule has 0 aliphatic rings. The van der Waals surface area contributed by atoms with Gasteiger partial charge in [-0.2, -0.15) is 10.5 Å². The number of benzene rings is 1. The molecule has 0 saturated carbocycles. The van der Waals surface area contributed by atoms with Gasteiger partial charge in [0.1, 0.15) is 0 Å². The Bertz CT molecular complexity index is 452. The average molecular weight is 186 g/mol. The summed E-state index contributed by atoms with van der Waals surface area (Å²) in [5.74, 6) is -1.02. The minimum atomic E-state index is -1.02. The Hall–Kier alpha value is -2.33. The topological polar surface area (TPSA) is 84.9 Å². The second kappa shape index (κ2) is 4.06. The van der Waals surface area contributed by atoms with Gasteiger partial charge in [0.05, 0.1) is 29.7 Å². The van der Waals surface area contributed by atoms with Crippen molar-refractivity contribution >= 4 is 5.97 Å². The van der Waals surface area contributed by atoms with Gasteiger partial charge in [0.15, 0.2) is 0 Å². The van der Waals surface area contributed by atoms with Crippen LogP contribution in [0.25, 0.3) is 0 Å². The van der Waals surface area contributed by atoms with Crippen LogP contribution in [0, 0.1) is 22.7 Å². The third-order valence-corrected chi connectivity index (χ3v) is 1.70. The molecular weight excluding hydrogens is 180 g/mol. The highest BCUT2D eigenvalue weighted by molar-refractivity contribution is 5.71. The van der Waals surface area contributed by atoms with Crippen LogP contribution in [0.2, 0.25) is 0 Å². The van der Waals surface area contributed by atoms with Gasteiger partial charge in [0.2, 0.25) is 0 Å². The quantitative estimate of drug-likeness (QED) is 0.748. The van der Waals surface area contributed by atoms with Crippen LogP contribution < -0.4 is 0 Å². The van der Waals surface area contributed by atoms with Crippen molar-refractivity contribution in [1.82, 2.24) is 0 Å². The molecule has 0 aromatic heterocycles. The van der Waals surface area contributed by atoms with Crippen LogP contribution in [-0.2, 0) is 11.2 Å². The Morgan fingerprint density at radius 3 is 2.57 bits per heavy atom. The monoisotopic (exact) mass is 186 g/mol. The van der Waals surface area contributed by atoms with Gasteiger partial charge in [0, 0.05) is 0 Å². The number of nitrogens with zero attached hydrogens (tertiary/aromatic N) is 2. The Balaban J connectivity index is 3.18. The van der Waals surface area contributed by atoms with Gasteiger partial charge in [0.25, 0.3) is 0 Å². The molecular formula is C10H6N2O2. The molecule has 1 aromatic carbocycles. The summed E-state index contributed by atoms with van der Waals surface area (Å²) in [4.78, 5) is 10.4. The molecule has 4 heteroatoms. The predicted octanol–water partition coefficient (Wildman–Crippen LogP) is 1.06. The van der Waals surface area contributed by atoms with E-state index in [1.807, 2.05) is 12.1 Å². The summed E-state index contributed by atoms with van der Waals surface area (Å²) in [5, 5.41) is 25.8. The Kier molecular flexibility index (Phi) is 2.83. The van der Waals surface area contributed by atoms with E-state index >= 15 is 0 Å². The summed E-state index contributed by atoms with van der Waals surface area (Å²) in [6, 6.07) is 8.14. The second-order valence-corrected chi connectivity index (χ2v) is 2.67. The maximum atomic E-state index is 10.4. The lowest BCUT2D eigenvalue weighted by Gasteiger charge is -2.00. The first-order chi connectivity index (χ1) is 6.67. The molecule has 14 heavy (non-hydrogen) atoms. The highest BCUT2D eigenvalue weighted by atomic mass is 16.4. The van der Waals surface area contributed by atoms with E-state index in [9.17, 15) is 4.79 Å². The van der Waals surface area contributed by atoms with Crippen molar-refractivity contribution in [3.8, 4) is 12.1 Å². The van der Waals surface area contributed by atoms with Crippen molar-refractivity contribution in [3.05, 3.63) is 34.9 Å². The van der Waals surface area contributed by atoms with Crippen LogP contribution in [0.5, 0.6) is 0 Å². The number of aliphatic carboxylic acids is 1. The molecule has 0 fully saturated rings. The van der Waals surface area contributed by atoms with Gasteiger partial charge in [-0.05, 0) is 23.8 Å². The molecule has 0 heterocycles. The van der Waals surface area contributed by atoms with E-state index in [2.05, 4.69) is 0 Å². The molecule has 1 rings (SSSR count). The maximum absolute atomic E-state index is 10.4. The highest BCUT2D eigenvalue weighted by Crippen LogP contribution is 2.11. The molecule has 0 unspecified atom stereocenters. The van der Waals surface area contributed by atoms with Crippen molar-refractivity contribution in [2.24, 2.45) is 0 Å². The molecule has 4 nitrogen and oxygen atoms in total. The molecule has 68 valence electrons. The molecule has 0 radical (unpaired) electrons. The summed E-state index contributed by atoms with van der Waals surface area (Å²) in [6.07, 6.45) is -0.238. The maximum Gasteiger partial charge on any atom is 0.307 e. The number of hydrogen-bond acceptors (Lipinski definition) is 3. The zero-order valence-electron chi connectivity index (χ0n) is 7.19. The average Bonchev–Trinajstić information content (AvgIpc) is 2.16. The fourth-order valence-corrected chi connectivity index (χ4v) is 1.08. The largest absolute Gasteiger partial charge is 0.481 e. The van der Waals surface area contributed by atoms with Crippen molar-refractivity contribution in [3.63, 3.8) is 0 Å². The van der Waals surface area contributed by atoms with Crippen LogP contribution in [-0.4, -0.2) is 11.1 Å². The number of rotatable bonds is 2. The lowest BCUT2D eigenvalue weighted by Crippen LogP contribution is -2.02. The minimum absolute atomic E-state index is 0.238. The molecule has 0 bridgehead atoms. The van der Waals surface area contributed by atoms with Crippen molar-refractivity contribution in [2.75, 3.05) is 0 Å². The molecule has 1 N–H and O–H groups in total. The number of carbonyl (C=O) groups is 1. The standard InChI is InChI=1S/C10H6N2O2/c11-5-7-1-2-8(6-12)9(3-7)4-10(13)14/h1-3H,4H2,(H,13,14). The van der Waals surface area contributed by atoms with Crippen LogP contribution in [0.3, 0.4) is 0 Å². The molecule has 0 spiro atoms. The molecule has 0 aliphatic carbocycles. The summed E-state index contributed by atoms with van der Waals surface area (Å²) >= 11 is 0. The number of carboxylic acids is 1. The van der Waals surface area contributed by atoms with Crippen molar-refractivity contribution < 1.29 is 9.90 Å². The van der Waals surface area contributed by atoms with E-state index in [4.69, 9.17) is 15.6 Å². The third kappa shape index (κ3) is 2.09. The molecule has 0 saturated heterocycles. The highest BCUT2D eigenvalue weighted by Gasteiger charge is 2.07. The van der Waals surface area contributed by atoms with E-state index in [0.29, 0.717) is 16.7 Å². The number of hydrogen-bond donors (Lipinski definition) is 1. The fourth-order valence-electron chi connectivity index (χ4n) is 1.08. The number of nitriles is 2. The van der Waals surface area contributed by atoms with Crippen LogP contribution in [0.4, 0.5) is 0 Å². The predicted molar refractivity (Wildman–Crippen MR) is 47.2 cm³/mol. The van der Waals surface area contributed by atoms with Crippen molar-refractivity contribution in [2.45, 2.75) is 6.42 Å². The Morgan fingerprint density at radius 1 is 1.36 bits per heavy atom. The molecule has 0 atom stereocenters. The van der Waals surface area contributed by atoms with Gasteiger partial charge in [-0.3, -0.25) is 4.79 Å². The summed E-state index contributed by atoms with van der Waals surface area (Å²) in [7, 11) is 0. The lowest BCUT2D eigenvalue weighted by molar-refractivity contribution is -0.136. The van der Waals surface area contributed by atoms with Gasteiger partial charge >= 0.3 is 5.97 Å². The summed E-state index contributed by atoms with van der Waals surface area (Å²) < 4.78 is 0. The van der Waals surface area contributed by atoms with Crippen LogP contribution in [0.1, 0.15) is 16.7 Å². The first-order valence-corrected chi connectivity index (χ1v) is 3.82. The third-order valence-electron chi connectivity index (χ3n) is 1.70. The lowest BCUT2D eigenvalue weighted by atomic mass is 10.0. The first kappa shape index (κ1) is 9.76. The summed E-state index contributed by atoms with van der Waals surface area (Å²) in [6.45, 7) is 0. The van der Waals surface area contributed by atoms with Crippen molar-refractivity contribution in [1.29, 1.82) is 10.5 Å². The second-order valence-electron chi connectivity index (χ2n) is 2.67. The van der Waals surface area contributed by atoms with E-state index in [-0.39, 0.29) is 6.42 Å². The van der Waals surface area contributed by atoms with E-state index < -0.39 is 5.97 Å². The fraction of sp³-hybridized carbons (Fsp3) is 0.100. The molecule has 1 aromatic rings. The van der Waals surface area contributed by atoms with E-state index in [1.54, 1.807) is 0 Å². The smallest absolute Gasteiger partial charge is 0.307 e.